The maximum absolute atomic E-state index is 13.9. The molecule has 146 valence electrons. The minimum Gasteiger partial charge on any atom is -0.337 e. The number of nitriles is 1. The van der Waals surface area contributed by atoms with Crippen LogP contribution in [0.25, 0.3) is 0 Å². The quantitative estimate of drug-likeness (QED) is 0.812. The smallest absolute Gasteiger partial charge is 0.237 e. The van der Waals surface area contributed by atoms with Crippen LogP contribution in [0.5, 0.6) is 0 Å². The van der Waals surface area contributed by atoms with Gasteiger partial charge in [-0.3, -0.25) is 14.6 Å². The third kappa shape index (κ3) is 3.05. The average Bonchev–Trinajstić information content (AvgIpc) is 2.73. The largest absolute Gasteiger partial charge is 0.337 e. The van der Waals surface area contributed by atoms with E-state index in [9.17, 15) is 14.9 Å². The van der Waals surface area contributed by atoms with Gasteiger partial charge in [-0.2, -0.15) is 5.26 Å². The van der Waals surface area contributed by atoms with E-state index in [0.717, 1.165) is 16.8 Å². The second-order valence-electron chi connectivity index (χ2n) is 7.99. The van der Waals surface area contributed by atoms with Gasteiger partial charge in [0.15, 0.2) is 5.78 Å². The van der Waals surface area contributed by atoms with Crippen LogP contribution < -0.4 is 0 Å². The highest BCUT2D eigenvalue weighted by Crippen LogP contribution is 2.49. The van der Waals surface area contributed by atoms with E-state index < -0.39 is 5.41 Å². The summed E-state index contributed by atoms with van der Waals surface area (Å²) in [7, 11) is 0. The molecule has 2 aliphatic rings. The highest BCUT2D eigenvalue weighted by molar-refractivity contribution is 6.06. The number of likely N-dealkylation sites (tertiary alicyclic amines) is 1. The number of hydrogen-bond acceptors (Lipinski definition) is 4. The van der Waals surface area contributed by atoms with E-state index in [4.69, 9.17) is 0 Å². The van der Waals surface area contributed by atoms with Crippen LogP contribution in [0, 0.1) is 30.1 Å². The summed E-state index contributed by atoms with van der Waals surface area (Å²) in [6.45, 7) is 4.86. The molecule has 2 unspecified atom stereocenters. The van der Waals surface area contributed by atoms with Gasteiger partial charge in [-0.1, -0.05) is 37.3 Å². The molecule has 5 heteroatoms. The van der Waals surface area contributed by atoms with E-state index in [1.165, 1.54) is 0 Å². The summed E-state index contributed by atoms with van der Waals surface area (Å²) in [5.41, 5.74) is 1.88. The number of carbonyl (C=O) groups excluding carboxylic acids is 2. The molecule has 3 atom stereocenters. The highest BCUT2D eigenvalue weighted by Gasteiger charge is 2.56. The Morgan fingerprint density at radius 3 is 2.69 bits per heavy atom. The molecule has 1 aromatic carbocycles. The zero-order valence-corrected chi connectivity index (χ0v) is 16.6. The number of rotatable bonds is 3. The van der Waals surface area contributed by atoms with E-state index in [1.54, 1.807) is 12.3 Å². The Morgan fingerprint density at radius 1 is 1.24 bits per heavy atom. The normalized spacial score (nSPS) is 26.5. The monoisotopic (exact) mass is 385 g/mol. The second-order valence-corrected chi connectivity index (χ2v) is 7.99. The first-order valence-corrected chi connectivity index (χ1v) is 9.91. The minimum absolute atomic E-state index is 0.0403. The van der Waals surface area contributed by atoms with Crippen LogP contribution in [0.4, 0.5) is 0 Å². The molecule has 1 saturated heterocycles. The number of allylic oxidation sites excluding steroid dienone is 1. The first-order valence-electron chi connectivity index (χ1n) is 9.91. The number of nitrogens with zero attached hydrogens (tertiary/aromatic N) is 3. The molecule has 29 heavy (non-hydrogen) atoms. The molecule has 0 bridgehead atoms. The molecule has 0 N–H and O–H groups in total. The van der Waals surface area contributed by atoms with E-state index >= 15 is 0 Å². The van der Waals surface area contributed by atoms with Gasteiger partial charge in [0.25, 0.3) is 0 Å². The summed E-state index contributed by atoms with van der Waals surface area (Å²) < 4.78 is 0. The lowest BCUT2D eigenvalue weighted by Crippen LogP contribution is -2.59. The Kier molecular flexibility index (Phi) is 4.79. The number of pyridine rings is 1. The molecule has 0 radical (unpaired) electrons. The average molecular weight is 385 g/mol. The SMILES string of the molecule is Cc1cc(CN2CCC3C(C)C(=O)C(C#N)=C[C@]3(c3ccccc3)C2=O)ccn1. The summed E-state index contributed by atoms with van der Waals surface area (Å²) in [6.07, 6.45) is 4.11. The number of Topliss-reactive ketones (excluding diaryl/α,β-unsaturated/α-hetero) is 1. The molecule has 2 aromatic rings. The maximum atomic E-state index is 13.9. The van der Waals surface area contributed by atoms with Gasteiger partial charge in [-0.15, -0.1) is 0 Å². The van der Waals surface area contributed by atoms with Crippen LogP contribution in [-0.2, 0) is 21.5 Å². The summed E-state index contributed by atoms with van der Waals surface area (Å²) in [4.78, 5) is 32.7. The van der Waals surface area contributed by atoms with Crippen molar-refractivity contribution in [3.8, 4) is 6.07 Å². The number of aromatic nitrogens is 1. The fourth-order valence-corrected chi connectivity index (χ4v) is 4.88. The first kappa shape index (κ1) is 19.1. The van der Waals surface area contributed by atoms with Crippen LogP contribution in [0.1, 0.15) is 30.2 Å². The molecule has 5 nitrogen and oxygen atoms in total. The van der Waals surface area contributed by atoms with Gasteiger partial charge in [0.05, 0.1) is 11.0 Å². The number of aryl methyl sites for hydroxylation is 1. The molecular formula is C24H23N3O2. The number of piperidine rings is 1. The predicted octanol–water partition coefficient (Wildman–Crippen LogP) is 3.35. The summed E-state index contributed by atoms with van der Waals surface area (Å²) >= 11 is 0. The molecule has 1 aliphatic heterocycles. The molecular weight excluding hydrogens is 362 g/mol. The van der Waals surface area contributed by atoms with Gasteiger partial charge in [0.1, 0.15) is 6.07 Å². The number of carbonyl (C=O) groups is 2. The number of hydrogen-bond donors (Lipinski definition) is 0. The van der Waals surface area contributed by atoms with Crippen LogP contribution in [0.15, 0.2) is 60.3 Å². The van der Waals surface area contributed by atoms with Crippen LogP contribution in [0.3, 0.4) is 0 Å². The number of fused-ring (bicyclic) bond motifs is 1. The van der Waals surface area contributed by atoms with E-state index in [2.05, 4.69) is 4.98 Å². The van der Waals surface area contributed by atoms with E-state index in [0.29, 0.717) is 19.5 Å². The van der Waals surface area contributed by atoms with Gasteiger partial charge in [-0.05, 0) is 48.6 Å². The minimum atomic E-state index is -0.986. The molecule has 1 aromatic heterocycles. The van der Waals surface area contributed by atoms with Crippen molar-refractivity contribution in [3.05, 3.63) is 77.1 Å². The Labute approximate surface area is 170 Å². The van der Waals surface area contributed by atoms with Crippen molar-refractivity contribution in [1.82, 2.24) is 9.88 Å². The zero-order valence-electron chi connectivity index (χ0n) is 16.6. The van der Waals surface area contributed by atoms with Crippen molar-refractivity contribution in [2.75, 3.05) is 6.54 Å². The third-order valence-corrected chi connectivity index (χ3v) is 6.30. The topological polar surface area (TPSA) is 74.1 Å². The Hall–Kier alpha value is -3.26. The Bertz CT molecular complexity index is 1040. The summed E-state index contributed by atoms with van der Waals surface area (Å²) in [5.74, 6) is -0.724. The third-order valence-electron chi connectivity index (χ3n) is 6.30. The molecule has 1 aliphatic carbocycles. The maximum Gasteiger partial charge on any atom is 0.237 e. The highest BCUT2D eigenvalue weighted by atomic mass is 16.2. The van der Waals surface area contributed by atoms with Crippen LogP contribution >= 0.6 is 0 Å². The van der Waals surface area contributed by atoms with E-state index in [-0.39, 0.29) is 29.1 Å². The van der Waals surface area contributed by atoms with E-state index in [1.807, 2.05) is 67.3 Å². The molecule has 0 spiro atoms. The number of amides is 1. The molecule has 1 amide bonds. The van der Waals surface area contributed by atoms with Gasteiger partial charge >= 0.3 is 0 Å². The fourth-order valence-electron chi connectivity index (χ4n) is 4.88. The van der Waals surface area contributed by atoms with Crippen molar-refractivity contribution < 1.29 is 9.59 Å². The molecule has 4 rings (SSSR count). The molecule has 0 saturated carbocycles. The van der Waals surface area contributed by atoms with Crippen molar-refractivity contribution in [2.24, 2.45) is 11.8 Å². The Morgan fingerprint density at radius 2 is 2.00 bits per heavy atom. The lowest BCUT2D eigenvalue weighted by molar-refractivity contribution is -0.145. The van der Waals surface area contributed by atoms with Crippen LogP contribution in [-0.4, -0.2) is 28.1 Å². The Balaban J connectivity index is 1.83. The number of ketones is 1. The first-order chi connectivity index (χ1) is 14.0. The van der Waals surface area contributed by atoms with Gasteiger partial charge in [-0.25, -0.2) is 0 Å². The fraction of sp³-hybridized carbons (Fsp3) is 0.333. The predicted molar refractivity (Wildman–Crippen MR) is 108 cm³/mol. The van der Waals surface area contributed by atoms with Gasteiger partial charge in [0, 0.05) is 30.9 Å². The van der Waals surface area contributed by atoms with Crippen molar-refractivity contribution in [2.45, 2.75) is 32.2 Å². The second kappa shape index (κ2) is 7.29. The standard InChI is InChI=1S/C24H23N3O2/c1-16-12-18(8-10-26-16)15-27-11-9-21-17(2)22(28)19(14-25)13-24(21,23(27)29)20-6-4-3-5-7-20/h3-8,10,12-13,17,21H,9,11,15H2,1-2H3/t17?,21?,24-/m1/s1. The molecule has 2 heterocycles. The number of benzene rings is 1. The van der Waals surface area contributed by atoms with Crippen molar-refractivity contribution in [1.29, 1.82) is 5.26 Å². The van der Waals surface area contributed by atoms with Crippen molar-refractivity contribution in [3.63, 3.8) is 0 Å². The summed E-state index contributed by atoms with van der Waals surface area (Å²) in [5, 5.41) is 9.58. The molecule has 1 fully saturated rings. The van der Waals surface area contributed by atoms with Crippen LogP contribution in [0.2, 0.25) is 0 Å². The van der Waals surface area contributed by atoms with Gasteiger partial charge in [0.2, 0.25) is 5.91 Å². The zero-order chi connectivity index (χ0) is 20.6. The van der Waals surface area contributed by atoms with Gasteiger partial charge < -0.3 is 4.90 Å². The van der Waals surface area contributed by atoms with Crippen molar-refractivity contribution >= 4 is 11.7 Å². The lowest BCUT2D eigenvalue weighted by Gasteiger charge is -2.50. The lowest BCUT2D eigenvalue weighted by atomic mass is 9.57. The summed E-state index contributed by atoms with van der Waals surface area (Å²) in [6, 6.07) is 15.5.